The zero-order chi connectivity index (χ0) is 13.4. The maximum atomic E-state index is 11.7. The first kappa shape index (κ1) is 13.7. The van der Waals surface area contributed by atoms with Gasteiger partial charge in [-0.3, -0.25) is 4.79 Å². The highest BCUT2D eigenvalue weighted by Gasteiger charge is 2.15. The second-order valence-electron chi connectivity index (χ2n) is 4.00. The van der Waals surface area contributed by atoms with Crippen molar-refractivity contribution in [2.75, 3.05) is 0 Å². The lowest BCUT2D eigenvalue weighted by molar-refractivity contribution is -0.123. The average molecular weight is 241 g/mol. The second kappa shape index (κ2) is 7.09. The Morgan fingerprint density at radius 2 is 2.00 bits per heavy atom. The molecular weight excluding hydrogens is 226 g/mol. The van der Waals surface area contributed by atoms with Crippen LogP contribution >= 0.6 is 0 Å². The summed E-state index contributed by atoms with van der Waals surface area (Å²) < 4.78 is 0. The number of rotatable bonds is 5. The van der Waals surface area contributed by atoms with Gasteiger partial charge in [-0.05, 0) is 24.1 Å². The van der Waals surface area contributed by atoms with E-state index >= 15 is 0 Å². The number of nitriles is 2. The maximum Gasteiger partial charge on any atom is 0.237 e. The lowest BCUT2D eigenvalue weighted by Crippen LogP contribution is -2.29. The Bertz CT molecular complexity index is 479. The molecule has 1 amide bonds. The first-order valence-corrected chi connectivity index (χ1v) is 5.87. The minimum atomic E-state index is -0.576. The highest BCUT2D eigenvalue weighted by Crippen LogP contribution is 2.06. The Labute approximate surface area is 107 Å². The van der Waals surface area contributed by atoms with Crippen LogP contribution in [0.15, 0.2) is 24.3 Å². The number of carbonyl (C=O) groups is 1. The predicted molar refractivity (Wildman–Crippen MR) is 67.0 cm³/mol. The molecule has 1 atom stereocenters. The summed E-state index contributed by atoms with van der Waals surface area (Å²) in [5.74, 6) is -0.808. The molecule has 0 aliphatic rings. The van der Waals surface area contributed by atoms with E-state index in [1.807, 2.05) is 19.1 Å². The van der Waals surface area contributed by atoms with Crippen molar-refractivity contribution in [2.24, 2.45) is 5.92 Å². The molecule has 0 aliphatic heterocycles. The van der Waals surface area contributed by atoms with Crippen LogP contribution in [0.2, 0.25) is 0 Å². The molecule has 4 heteroatoms. The molecule has 0 spiro atoms. The Kier molecular flexibility index (Phi) is 5.41. The largest absolute Gasteiger partial charge is 0.351 e. The third-order valence-corrected chi connectivity index (χ3v) is 2.60. The van der Waals surface area contributed by atoms with Gasteiger partial charge in [-0.1, -0.05) is 25.5 Å². The van der Waals surface area contributed by atoms with Crippen LogP contribution in [0.5, 0.6) is 0 Å². The molecule has 0 radical (unpaired) electrons. The van der Waals surface area contributed by atoms with Crippen LogP contribution in [-0.4, -0.2) is 5.91 Å². The van der Waals surface area contributed by atoms with Crippen molar-refractivity contribution >= 4 is 5.91 Å². The van der Waals surface area contributed by atoms with E-state index in [2.05, 4.69) is 5.32 Å². The van der Waals surface area contributed by atoms with Gasteiger partial charge in [-0.25, -0.2) is 0 Å². The molecule has 1 aromatic carbocycles. The van der Waals surface area contributed by atoms with Gasteiger partial charge in [0.15, 0.2) is 0 Å². The van der Waals surface area contributed by atoms with Gasteiger partial charge in [0.05, 0.1) is 17.7 Å². The van der Waals surface area contributed by atoms with Crippen LogP contribution in [0, 0.1) is 28.6 Å². The Morgan fingerprint density at radius 1 is 1.33 bits per heavy atom. The fraction of sp³-hybridized carbons (Fsp3) is 0.357. The van der Waals surface area contributed by atoms with E-state index in [9.17, 15) is 4.79 Å². The molecule has 0 fully saturated rings. The van der Waals surface area contributed by atoms with Crippen molar-refractivity contribution in [2.45, 2.75) is 26.3 Å². The van der Waals surface area contributed by atoms with Gasteiger partial charge in [0.2, 0.25) is 5.91 Å². The Morgan fingerprint density at radius 3 is 2.50 bits per heavy atom. The van der Waals surface area contributed by atoms with Gasteiger partial charge in [0, 0.05) is 6.54 Å². The number of hydrogen-bond acceptors (Lipinski definition) is 3. The number of hydrogen-bond donors (Lipinski definition) is 1. The predicted octanol–water partition coefficient (Wildman–Crippen LogP) is 2.11. The van der Waals surface area contributed by atoms with Crippen molar-refractivity contribution in [3.8, 4) is 12.1 Å². The second-order valence-corrected chi connectivity index (χ2v) is 4.00. The van der Waals surface area contributed by atoms with Crippen LogP contribution in [0.1, 0.15) is 30.9 Å². The molecule has 0 aliphatic carbocycles. The molecule has 0 saturated carbocycles. The van der Waals surface area contributed by atoms with E-state index in [0.717, 1.165) is 12.0 Å². The van der Waals surface area contributed by atoms with Crippen LogP contribution in [-0.2, 0) is 11.3 Å². The number of nitrogens with zero attached hydrogens (tertiary/aromatic N) is 2. The number of nitrogens with one attached hydrogen (secondary N) is 1. The molecule has 18 heavy (non-hydrogen) atoms. The summed E-state index contributed by atoms with van der Waals surface area (Å²) in [6, 6.07) is 11.0. The molecular formula is C14H15N3O. The van der Waals surface area contributed by atoms with Gasteiger partial charge >= 0.3 is 0 Å². The zero-order valence-electron chi connectivity index (χ0n) is 10.3. The van der Waals surface area contributed by atoms with Crippen LogP contribution in [0.25, 0.3) is 0 Å². The molecule has 4 nitrogen and oxygen atoms in total. The van der Waals surface area contributed by atoms with Crippen molar-refractivity contribution in [3.63, 3.8) is 0 Å². The summed E-state index contributed by atoms with van der Waals surface area (Å²) in [5.41, 5.74) is 1.50. The minimum absolute atomic E-state index is 0.233. The molecule has 0 saturated heterocycles. The summed E-state index contributed by atoms with van der Waals surface area (Å²) in [7, 11) is 0. The van der Waals surface area contributed by atoms with E-state index in [-0.39, 0.29) is 5.91 Å². The van der Waals surface area contributed by atoms with Gasteiger partial charge < -0.3 is 5.32 Å². The standard InChI is InChI=1S/C14H15N3O/c1-2-3-13(9-16)14(18)17-10-12-6-4-11(8-15)5-7-12/h4-7,13H,2-3,10H2,1H3,(H,17,18). The fourth-order valence-corrected chi connectivity index (χ4v) is 1.55. The van der Waals surface area contributed by atoms with E-state index in [4.69, 9.17) is 10.5 Å². The lowest BCUT2D eigenvalue weighted by Gasteiger charge is -2.09. The van der Waals surface area contributed by atoms with Crippen molar-refractivity contribution in [3.05, 3.63) is 35.4 Å². The quantitative estimate of drug-likeness (QED) is 0.857. The van der Waals surface area contributed by atoms with E-state index in [0.29, 0.717) is 18.5 Å². The van der Waals surface area contributed by atoms with Gasteiger partial charge in [-0.15, -0.1) is 0 Å². The molecule has 0 aromatic heterocycles. The molecule has 1 unspecified atom stereocenters. The van der Waals surface area contributed by atoms with E-state index < -0.39 is 5.92 Å². The first-order chi connectivity index (χ1) is 8.71. The fourth-order valence-electron chi connectivity index (χ4n) is 1.55. The number of amides is 1. The Hall–Kier alpha value is -2.33. The number of benzene rings is 1. The van der Waals surface area contributed by atoms with Crippen molar-refractivity contribution in [1.29, 1.82) is 10.5 Å². The van der Waals surface area contributed by atoms with E-state index in [1.54, 1.807) is 24.3 Å². The summed E-state index contributed by atoms with van der Waals surface area (Å²) >= 11 is 0. The summed E-state index contributed by atoms with van der Waals surface area (Å²) in [6.07, 6.45) is 1.39. The van der Waals surface area contributed by atoms with Gasteiger partial charge in [0.1, 0.15) is 5.92 Å². The zero-order valence-corrected chi connectivity index (χ0v) is 10.3. The third kappa shape index (κ3) is 3.92. The summed E-state index contributed by atoms with van der Waals surface area (Å²) in [4.78, 5) is 11.7. The van der Waals surface area contributed by atoms with Crippen LogP contribution in [0.4, 0.5) is 0 Å². The monoisotopic (exact) mass is 241 g/mol. The highest BCUT2D eigenvalue weighted by atomic mass is 16.1. The molecule has 0 heterocycles. The van der Waals surface area contributed by atoms with Crippen LogP contribution < -0.4 is 5.32 Å². The smallest absolute Gasteiger partial charge is 0.237 e. The highest BCUT2D eigenvalue weighted by molar-refractivity contribution is 5.80. The van der Waals surface area contributed by atoms with Crippen LogP contribution in [0.3, 0.4) is 0 Å². The van der Waals surface area contributed by atoms with Crippen molar-refractivity contribution < 1.29 is 4.79 Å². The third-order valence-electron chi connectivity index (χ3n) is 2.60. The summed E-state index contributed by atoms with van der Waals surface area (Å²) in [5, 5.41) is 20.2. The lowest BCUT2D eigenvalue weighted by atomic mass is 10.0. The molecule has 92 valence electrons. The first-order valence-electron chi connectivity index (χ1n) is 5.87. The molecule has 1 N–H and O–H groups in total. The normalized spacial score (nSPS) is 11.1. The molecule has 1 rings (SSSR count). The van der Waals surface area contributed by atoms with E-state index in [1.165, 1.54) is 0 Å². The SMILES string of the molecule is CCCC(C#N)C(=O)NCc1ccc(C#N)cc1. The average Bonchev–Trinajstić information content (AvgIpc) is 2.42. The maximum absolute atomic E-state index is 11.7. The van der Waals surface area contributed by atoms with Gasteiger partial charge in [0.25, 0.3) is 0 Å². The topological polar surface area (TPSA) is 76.7 Å². The molecule has 0 bridgehead atoms. The summed E-state index contributed by atoms with van der Waals surface area (Å²) in [6.45, 7) is 2.32. The minimum Gasteiger partial charge on any atom is -0.351 e. The molecule has 1 aromatic rings. The van der Waals surface area contributed by atoms with Crippen molar-refractivity contribution in [1.82, 2.24) is 5.32 Å². The van der Waals surface area contributed by atoms with Gasteiger partial charge in [-0.2, -0.15) is 10.5 Å². The number of carbonyl (C=O) groups excluding carboxylic acids is 1. The Balaban J connectivity index is 2.52.